The van der Waals surface area contributed by atoms with Gasteiger partial charge in [0.15, 0.2) is 0 Å². The molecule has 0 bridgehead atoms. The van der Waals surface area contributed by atoms with Crippen molar-refractivity contribution in [3.63, 3.8) is 0 Å². The summed E-state index contributed by atoms with van der Waals surface area (Å²) in [6.07, 6.45) is 9.67. The molecule has 0 amide bonds. The van der Waals surface area contributed by atoms with E-state index in [1.165, 1.54) is 143 Å². The zero-order valence-corrected chi connectivity index (χ0v) is 81.8. The van der Waals surface area contributed by atoms with E-state index in [-0.39, 0.29) is 49.3 Å². The molecule has 516 valence electrons. The van der Waals surface area contributed by atoms with Gasteiger partial charge in [-0.05, 0) is 105 Å². The van der Waals surface area contributed by atoms with Gasteiger partial charge in [-0.25, -0.2) is 0 Å². The number of hydrogen-bond donors (Lipinski definition) is 0. The minimum Gasteiger partial charge on any atom is -0.152 e. The summed E-state index contributed by atoms with van der Waals surface area (Å²) in [5.74, 6) is -0.0169. The monoisotopic (exact) mass is 2000 g/mol. The summed E-state index contributed by atoms with van der Waals surface area (Å²) in [7, 11) is 15.6. The van der Waals surface area contributed by atoms with Crippen molar-refractivity contribution in [1.29, 1.82) is 0 Å². The van der Waals surface area contributed by atoms with Crippen molar-refractivity contribution in [2.24, 2.45) is 0 Å². The van der Waals surface area contributed by atoms with Gasteiger partial charge in [0.05, 0.1) is 9.75 Å². The summed E-state index contributed by atoms with van der Waals surface area (Å²) in [6.45, 7) is 15.4. The minimum absolute atomic E-state index is 0. The topological polar surface area (TPSA) is 52.6 Å². The van der Waals surface area contributed by atoms with Crippen molar-refractivity contribution in [1.82, 2.24) is 0 Å². The second kappa shape index (κ2) is 46.3. The van der Waals surface area contributed by atoms with E-state index in [1.54, 1.807) is 40.0 Å². The van der Waals surface area contributed by atoms with Crippen molar-refractivity contribution in [3.05, 3.63) is 186 Å². The van der Waals surface area contributed by atoms with Gasteiger partial charge in [0.25, 0.3) is 0 Å². The fourth-order valence-electron chi connectivity index (χ4n) is 9.63. The van der Waals surface area contributed by atoms with E-state index >= 15 is 0 Å². The molecule has 24 heteroatoms. The molecule has 0 atom stereocenters. The van der Waals surface area contributed by atoms with Crippen LogP contribution in [0.5, 0.6) is 0 Å². The molecule has 13 aromatic rings. The number of thiophene rings is 11. The Hall–Kier alpha value is 0.700. The number of rotatable bonds is 8. The van der Waals surface area contributed by atoms with Crippen LogP contribution in [0.3, 0.4) is 0 Å². The molecule has 99 heavy (non-hydrogen) atoms. The van der Waals surface area contributed by atoms with Gasteiger partial charge in [0.1, 0.15) is 0 Å². The average molecular weight is 2000 g/mol. The first-order valence-corrected chi connectivity index (χ1v) is 81.3. The molecular formula is C75H87Cl3Li2O4S11Sn4. The third-order valence-corrected chi connectivity index (χ3v) is 43.4. The van der Waals surface area contributed by atoms with E-state index in [9.17, 15) is 9.59 Å². The molecule has 11 aromatic heterocycles. The Morgan fingerprint density at radius 1 is 0.424 bits per heavy atom. The first-order valence-electron chi connectivity index (χ1n) is 32.3. The molecule has 2 radical (unpaired) electrons. The van der Waals surface area contributed by atoms with Gasteiger partial charge in [-0.3, -0.25) is 9.59 Å². The number of ether oxygens (including phenoxy) is 2. The minimum atomic E-state index is -2.18. The summed E-state index contributed by atoms with van der Waals surface area (Å²) < 4.78 is 19.1. The molecule has 13 heterocycles. The summed E-state index contributed by atoms with van der Waals surface area (Å²) >= 11 is 12.9. The van der Waals surface area contributed by atoms with Gasteiger partial charge >= 0.3 is 321 Å². The largest absolute Gasteiger partial charge is 1.00 e. The zero-order valence-electron chi connectivity index (χ0n) is 59.2. The fourth-order valence-corrected chi connectivity index (χ4v) is 30.0. The van der Waals surface area contributed by atoms with Gasteiger partial charge in [-0.2, -0.15) is 24.2 Å². The van der Waals surface area contributed by atoms with E-state index in [2.05, 4.69) is 200 Å². The molecule has 2 aromatic carbocycles. The van der Waals surface area contributed by atoms with Crippen LogP contribution in [0.1, 0.15) is 95.7 Å². The Kier molecular flexibility index (Phi) is 42.2. The number of ketones is 2. The molecule has 16 rings (SSSR count). The van der Waals surface area contributed by atoms with E-state index in [1.807, 2.05) is 90.9 Å². The Bertz CT molecular complexity index is 3930. The van der Waals surface area contributed by atoms with Gasteiger partial charge in [-0.1, -0.05) is 51.0 Å². The van der Waals surface area contributed by atoms with Gasteiger partial charge in [0, 0.05) is 78.6 Å². The van der Waals surface area contributed by atoms with Crippen LogP contribution in [0.4, 0.5) is 0 Å². The third kappa shape index (κ3) is 26.8. The maximum absolute atomic E-state index is 11.8. The van der Waals surface area contributed by atoms with Crippen LogP contribution in [0.15, 0.2) is 151 Å². The Morgan fingerprint density at radius 3 is 0.949 bits per heavy atom. The molecule has 0 spiro atoms. The predicted octanol–water partition coefficient (Wildman–Crippen LogP) is 22.5. The van der Waals surface area contributed by atoms with Crippen LogP contribution in [0, 0.1) is 13.8 Å². The Balaban J connectivity index is 0.000000224. The van der Waals surface area contributed by atoms with Crippen LogP contribution < -0.4 is 43.5 Å². The zero-order chi connectivity index (χ0) is 70.1. The quantitative estimate of drug-likeness (QED) is 0.112. The van der Waals surface area contributed by atoms with Crippen molar-refractivity contribution in [2.45, 2.75) is 110 Å². The van der Waals surface area contributed by atoms with Crippen LogP contribution in [-0.2, 0) is 9.47 Å². The van der Waals surface area contributed by atoms with Crippen LogP contribution in [0.2, 0.25) is 44.5 Å². The van der Waals surface area contributed by atoms with Crippen molar-refractivity contribution in [2.75, 3.05) is 26.4 Å². The standard InChI is InChI=1S/C18H10S4.C18H8S4.C10H4O2S2.2C4H8O.C4H4S.2C4H9.9CH3.3ClH.2Li.4Sn/c2*1-3-13(19-7-1)15-11-5-9-22-18(11)16(14-4-2-8-20-14)12-6-10-21-17(12)15;11-7-5-1-3-13-9(5)8(12)6-2-4-14-10(6)7;3*1-2-4-5-3-1;2*1-3-4-2;;;;;;;;;;;;;;;;;;/h1-10H;1-8H;1-4H;2*1-4H2;1-4H;2*1,3-4H2,2H3;9*1H3;3*1H;;;;;;/q;;;;;;2*-1;;;;;;;;;;;;;2*+1;;;+1;+2/p-3. The SMILES string of the molecule is C1CCOC1.C1CCOC1.O=C1c2ccsc2C(=O)c2ccsc21.[CH2-]CCC.[CH2-]CCC.[CH3][Sn]([CH3])([CH3])[Cl].[CH3][Sn]([CH3])([CH3])[c]1cc2c(-c3cccs3)c3s[c]([Sn]([CH3])([CH3])[CH3])cc3c(-c3cccs3)c2s1.[Cl][Sn][Cl].[Li+].[Li+].c1ccsc1.c1csc(-c2c3ccsc3c(-c3cccs3)c3ccsc23)c1. The smallest absolute Gasteiger partial charge is 0.152 e. The van der Waals surface area contributed by atoms with Gasteiger partial charge in [-0.15, -0.1) is 68.0 Å². The number of unbranched alkanes of at least 4 members (excludes halogenated alkanes) is 2. The molecule has 3 aliphatic rings. The maximum Gasteiger partial charge on any atom is 1.00 e. The van der Waals surface area contributed by atoms with E-state index in [0.29, 0.717) is 20.9 Å². The second-order valence-electron chi connectivity index (χ2n) is 25.2. The number of fused-ring (bicyclic) bond motifs is 6. The molecule has 0 unspecified atom stereocenters. The molecule has 4 nitrogen and oxygen atoms in total. The van der Waals surface area contributed by atoms with Gasteiger partial charge < -0.3 is 23.3 Å². The summed E-state index contributed by atoms with van der Waals surface area (Å²) in [5.41, 5.74) is 6.96. The van der Waals surface area contributed by atoms with E-state index in [0.717, 1.165) is 39.3 Å². The Morgan fingerprint density at radius 2 is 0.717 bits per heavy atom. The van der Waals surface area contributed by atoms with Crippen molar-refractivity contribution in [3.8, 4) is 41.8 Å². The van der Waals surface area contributed by atoms with Crippen molar-refractivity contribution >= 4 is 282 Å². The molecule has 1 aliphatic carbocycles. The molecule has 0 saturated carbocycles. The predicted molar refractivity (Wildman–Crippen MR) is 461 cm³/mol. The maximum atomic E-state index is 11.8. The average Bonchev–Trinajstić information content (AvgIpc) is 1.61. The summed E-state index contributed by atoms with van der Waals surface area (Å²) in [4.78, 5) is 52.2. The number of halogens is 3. The van der Waals surface area contributed by atoms with Crippen LogP contribution >= 0.6 is 151 Å². The number of hydrogen-bond acceptors (Lipinski definition) is 15. The van der Waals surface area contributed by atoms with Crippen LogP contribution in [0.25, 0.3) is 82.1 Å². The Labute approximate surface area is 691 Å². The van der Waals surface area contributed by atoms with E-state index < -0.39 is 72.9 Å². The number of carbonyl (C=O) groups is 2. The summed E-state index contributed by atoms with van der Waals surface area (Å²) in [5, 5.41) is 26.7. The number of benzene rings is 2. The normalized spacial score (nSPS) is 12.7. The molecular weight excluding hydrogens is 1910 g/mol. The first kappa shape index (κ1) is 90.3. The van der Waals surface area contributed by atoms with E-state index in [4.69, 9.17) is 36.2 Å². The van der Waals surface area contributed by atoms with Gasteiger partial charge in [0.2, 0.25) is 11.6 Å². The summed E-state index contributed by atoms with van der Waals surface area (Å²) in [6, 6.07) is 35.0. The van der Waals surface area contributed by atoms with Crippen LogP contribution in [-0.4, -0.2) is 111 Å². The third-order valence-electron chi connectivity index (χ3n) is 14.3. The molecule has 2 saturated heterocycles. The van der Waals surface area contributed by atoms with Crippen molar-refractivity contribution < 1.29 is 56.8 Å². The second-order valence-corrected chi connectivity index (χ2v) is 90.1. The molecule has 2 fully saturated rings. The fraction of sp³-hybridized carbons (Fsp3) is 0.307. The molecule has 0 N–H and O–H groups in total. The molecule has 2 aliphatic heterocycles. The first-order chi connectivity index (χ1) is 46.6. The number of carbonyl (C=O) groups excluding carboxylic acids is 2.